The maximum absolute atomic E-state index is 12.0. The molecule has 0 heterocycles. The first-order valence-electron chi connectivity index (χ1n) is 7.45. The third-order valence-corrected chi connectivity index (χ3v) is 4.27. The summed E-state index contributed by atoms with van der Waals surface area (Å²) in [6.07, 6.45) is 0. The van der Waals surface area contributed by atoms with Crippen LogP contribution in [0.4, 0.5) is 0 Å². The zero-order valence-electron chi connectivity index (χ0n) is 13.3. The number of rotatable bonds is 8. The molecule has 0 aliphatic carbocycles. The smallest absolute Gasteiger partial charge is 0.233 e. The van der Waals surface area contributed by atoms with Crippen molar-refractivity contribution in [2.24, 2.45) is 0 Å². The van der Waals surface area contributed by atoms with Gasteiger partial charge in [0.25, 0.3) is 0 Å². The summed E-state index contributed by atoms with van der Waals surface area (Å²) >= 11 is 1.54. The second-order valence-corrected chi connectivity index (χ2v) is 6.30. The van der Waals surface area contributed by atoms with Gasteiger partial charge in [-0.25, -0.2) is 0 Å². The molecule has 1 N–H and O–H groups in total. The van der Waals surface area contributed by atoms with Crippen LogP contribution >= 0.6 is 11.8 Å². The van der Waals surface area contributed by atoms with Crippen molar-refractivity contribution in [2.75, 3.05) is 20.3 Å². The van der Waals surface area contributed by atoms with Crippen LogP contribution < -0.4 is 14.8 Å². The van der Waals surface area contributed by atoms with Gasteiger partial charge in [-0.2, -0.15) is 0 Å². The van der Waals surface area contributed by atoms with Crippen LogP contribution in [0.25, 0.3) is 0 Å². The van der Waals surface area contributed by atoms with E-state index in [0.717, 1.165) is 16.4 Å². The highest BCUT2D eigenvalue weighted by molar-refractivity contribution is 8.00. The van der Waals surface area contributed by atoms with E-state index in [1.165, 1.54) is 0 Å². The first kappa shape index (κ1) is 17.2. The summed E-state index contributed by atoms with van der Waals surface area (Å²) < 4.78 is 10.7. The molecular weight excluding hydrogens is 310 g/mol. The Hall–Kier alpha value is -2.14. The van der Waals surface area contributed by atoms with Crippen LogP contribution in [0, 0.1) is 0 Å². The molecule has 0 spiro atoms. The minimum absolute atomic E-state index is 0.0113. The third-order valence-electron chi connectivity index (χ3n) is 3.15. The van der Waals surface area contributed by atoms with Crippen molar-refractivity contribution < 1.29 is 14.3 Å². The number of carbonyl (C=O) groups is 1. The summed E-state index contributed by atoms with van der Waals surface area (Å²) in [5.41, 5.74) is 0. The molecule has 0 radical (unpaired) electrons. The minimum Gasteiger partial charge on any atom is -0.497 e. The number of carbonyl (C=O) groups excluding carboxylic acids is 1. The third kappa shape index (κ3) is 5.87. The lowest BCUT2D eigenvalue weighted by molar-refractivity contribution is -0.120. The first-order valence-corrected chi connectivity index (χ1v) is 8.33. The van der Waals surface area contributed by atoms with E-state index in [0.29, 0.717) is 13.2 Å². The van der Waals surface area contributed by atoms with Gasteiger partial charge in [0.1, 0.15) is 18.1 Å². The highest BCUT2D eigenvalue weighted by Gasteiger charge is 2.13. The number of hydrogen-bond acceptors (Lipinski definition) is 4. The Balaban J connectivity index is 1.67. The number of amides is 1. The average Bonchev–Trinajstić information content (AvgIpc) is 2.60. The fourth-order valence-corrected chi connectivity index (χ4v) is 2.83. The van der Waals surface area contributed by atoms with Crippen molar-refractivity contribution in [1.29, 1.82) is 0 Å². The monoisotopic (exact) mass is 331 g/mol. The molecule has 5 heteroatoms. The Morgan fingerprint density at radius 2 is 1.74 bits per heavy atom. The Labute approximate surface area is 141 Å². The molecule has 2 rings (SSSR count). The zero-order chi connectivity index (χ0) is 16.5. The van der Waals surface area contributed by atoms with Gasteiger partial charge in [-0.1, -0.05) is 18.2 Å². The molecule has 2 aromatic rings. The molecule has 2 aromatic carbocycles. The largest absolute Gasteiger partial charge is 0.497 e. The summed E-state index contributed by atoms with van der Waals surface area (Å²) in [7, 11) is 1.63. The van der Waals surface area contributed by atoms with E-state index in [2.05, 4.69) is 5.32 Å². The van der Waals surface area contributed by atoms with E-state index >= 15 is 0 Å². The summed E-state index contributed by atoms with van der Waals surface area (Å²) in [5, 5.41) is 2.75. The fourth-order valence-electron chi connectivity index (χ4n) is 1.92. The Bertz CT molecular complexity index is 601. The maximum atomic E-state index is 12.0. The second-order valence-electron chi connectivity index (χ2n) is 4.89. The molecule has 23 heavy (non-hydrogen) atoms. The van der Waals surface area contributed by atoms with Gasteiger partial charge in [0.05, 0.1) is 18.9 Å². The lowest BCUT2D eigenvalue weighted by atomic mass is 10.3. The first-order chi connectivity index (χ1) is 11.2. The Kier molecular flexibility index (Phi) is 6.81. The lowest BCUT2D eigenvalue weighted by Gasteiger charge is -2.12. The van der Waals surface area contributed by atoms with Gasteiger partial charge in [-0.05, 0) is 43.3 Å². The standard InChI is InChI=1S/C18H21NO3S/c1-14(23-17-6-4-3-5-7-17)18(20)19-12-13-22-16-10-8-15(21-2)9-11-16/h3-11,14H,12-13H2,1-2H3,(H,19,20). The molecule has 1 atom stereocenters. The molecule has 0 fully saturated rings. The van der Waals surface area contributed by atoms with Crippen LogP contribution in [0.3, 0.4) is 0 Å². The van der Waals surface area contributed by atoms with Crippen LogP contribution in [0.1, 0.15) is 6.92 Å². The molecule has 0 aromatic heterocycles. The number of nitrogens with one attached hydrogen (secondary N) is 1. The van der Waals surface area contributed by atoms with Crippen molar-refractivity contribution in [3.8, 4) is 11.5 Å². The maximum Gasteiger partial charge on any atom is 0.233 e. The van der Waals surface area contributed by atoms with Crippen LogP contribution in [0.2, 0.25) is 0 Å². The van der Waals surface area contributed by atoms with E-state index in [1.807, 2.05) is 61.5 Å². The topological polar surface area (TPSA) is 47.6 Å². The molecule has 0 saturated heterocycles. The second kappa shape index (κ2) is 9.10. The predicted octanol–water partition coefficient (Wildman–Crippen LogP) is 3.37. The SMILES string of the molecule is COc1ccc(OCCNC(=O)C(C)Sc2ccccc2)cc1. The average molecular weight is 331 g/mol. The molecular formula is C18H21NO3S. The number of ether oxygens (including phenoxy) is 2. The van der Waals surface area contributed by atoms with Crippen LogP contribution in [-0.4, -0.2) is 31.4 Å². The predicted molar refractivity (Wildman–Crippen MR) is 93.3 cm³/mol. The molecule has 0 saturated carbocycles. The van der Waals surface area contributed by atoms with E-state index in [4.69, 9.17) is 9.47 Å². The normalized spacial score (nSPS) is 11.6. The summed E-state index contributed by atoms with van der Waals surface area (Å²) in [5.74, 6) is 1.56. The number of thioether (sulfide) groups is 1. The van der Waals surface area contributed by atoms with Crippen molar-refractivity contribution in [3.05, 3.63) is 54.6 Å². The van der Waals surface area contributed by atoms with Crippen molar-refractivity contribution in [2.45, 2.75) is 17.1 Å². The molecule has 122 valence electrons. The van der Waals surface area contributed by atoms with Crippen LogP contribution in [0.5, 0.6) is 11.5 Å². The van der Waals surface area contributed by atoms with Crippen LogP contribution in [0.15, 0.2) is 59.5 Å². The zero-order valence-corrected chi connectivity index (χ0v) is 14.1. The summed E-state index contributed by atoms with van der Waals surface area (Å²) in [6, 6.07) is 17.3. The highest BCUT2D eigenvalue weighted by atomic mass is 32.2. The van der Waals surface area contributed by atoms with Crippen LogP contribution in [-0.2, 0) is 4.79 Å². The van der Waals surface area contributed by atoms with Gasteiger partial charge in [-0.3, -0.25) is 4.79 Å². The van der Waals surface area contributed by atoms with E-state index in [9.17, 15) is 4.79 Å². The van der Waals surface area contributed by atoms with E-state index < -0.39 is 0 Å². The lowest BCUT2D eigenvalue weighted by Crippen LogP contribution is -2.33. The number of benzene rings is 2. The van der Waals surface area contributed by atoms with Gasteiger partial charge in [0.2, 0.25) is 5.91 Å². The number of methoxy groups -OCH3 is 1. The van der Waals surface area contributed by atoms with Crippen molar-refractivity contribution >= 4 is 17.7 Å². The molecule has 0 aliphatic rings. The molecule has 1 unspecified atom stereocenters. The van der Waals surface area contributed by atoms with Gasteiger partial charge in [0, 0.05) is 4.90 Å². The molecule has 0 bridgehead atoms. The van der Waals surface area contributed by atoms with E-state index in [1.54, 1.807) is 18.9 Å². The minimum atomic E-state index is -0.140. The number of hydrogen-bond donors (Lipinski definition) is 1. The quantitative estimate of drug-likeness (QED) is 0.595. The van der Waals surface area contributed by atoms with Gasteiger partial charge in [0.15, 0.2) is 0 Å². The molecule has 4 nitrogen and oxygen atoms in total. The van der Waals surface area contributed by atoms with E-state index in [-0.39, 0.29) is 11.2 Å². The highest BCUT2D eigenvalue weighted by Crippen LogP contribution is 2.22. The van der Waals surface area contributed by atoms with Crippen molar-refractivity contribution in [1.82, 2.24) is 5.32 Å². The van der Waals surface area contributed by atoms with Gasteiger partial charge in [-0.15, -0.1) is 11.8 Å². The van der Waals surface area contributed by atoms with Gasteiger partial charge < -0.3 is 14.8 Å². The summed E-state index contributed by atoms with van der Waals surface area (Å²) in [6.45, 7) is 2.81. The summed E-state index contributed by atoms with van der Waals surface area (Å²) in [4.78, 5) is 13.1. The molecule has 1 amide bonds. The fraction of sp³-hybridized carbons (Fsp3) is 0.278. The Morgan fingerprint density at radius 3 is 2.39 bits per heavy atom. The Morgan fingerprint density at radius 1 is 1.09 bits per heavy atom. The van der Waals surface area contributed by atoms with Gasteiger partial charge >= 0.3 is 0 Å². The molecule has 0 aliphatic heterocycles. The van der Waals surface area contributed by atoms with Crippen molar-refractivity contribution in [3.63, 3.8) is 0 Å².